The van der Waals surface area contributed by atoms with Crippen LogP contribution in [0.5, 0.6) is 0 Å². The first-order valence-corrected chi connectivity index (χ1v) is 11.7. The number of anilines is 1. The molecule has 1 aliphatic rings. The largest absolute Gasteiger partial charge is 0.479 e. The number of aliphatic carboxylic acids is 1. The minimum atomic E-state index is -1.83. The van der Waals surface area contributed by atoms with E-state index >= 15 is 0 Å². The number of nitrogen functional groups attached to an aromatic ring is 1. The van der Waals surface area contributed by atoms with Crippen molar-refractivity contribution in [1.29, 1.82) is 0 Å². The number of carbonyl (C=O) groups is 1. The van der Waals surface area contributed by atoms with Crippen molar-refractivity contribution in [3.8, 4) is 22.6 Å². The Morgan fingerprint density at radius 1 is 1.15 bits per heavy atom. The molecule has 1 fully saturated rings. The van der Waals surface area contributed by atoms with Gasteiger partial charge >= 0.3 is 5.97 Å². The number of alkyl halides is 1. The molecule has 1 saturated carbocycles. The van der Waals surface area contributed by atoms with E-state index in [1.54, 1.807) is 35.4 Å². The first-order chi connectivity index (χ1) is 16.4. The van der Waals surface area contributed by atoms with E-state index in [2.05, 4.69) is 36.0 Å². The summed E-state index contributed by atoms with van der Waals surface area (Å²) in [5.74, 6) is -0.869. The fourth-order valence-corrected chi connectivity index (χ4v) is 5.07. The average molecular weight is 526 g/mol. The molecule has 174 valence electrons. The van der Waals surface area contributed by atoms with E-state index < -0.39 is 18.1 Å². The van der Waals surface area contributed by atoms with Crippen LogP contribution in [-0.4, -0.2) is 46.8 Å². The highest BCUT2D eigenvalue weighted by Crippen LogP contribution is 2.41. The van der Waals surface area contributed by atoms with Crippen LogP contribution in [-0.2, 0) is 4.79 Å². The van der Waals surface area contributed by atoms with Crippen molar-refractivity contribution >= 4 is 33.4 Å². The Morgan fingerprint density at radius 3 is 2.53 bits per heavy atom. The molecule has 4 heterocycles. The highest BCUT2D eigenvalue weighted by Gasteiger charge is 2.34. The van der Waals surface area contributed by atoms with Crippen molar-refractivity contribution in [3.63, 3.8) is 0 Å². The average Bonchev–Trinajstić information content (AvgIpc) is 3.30. The minimum absolute atomic E-state index is 0.0393. The van der Waals surface area contributed by atoms with E-state index in [1.165, 1.54) is 0 Å². The molecule has 9 nitrogen and oxygen atoms in total. The number of hydrogen-bond acceptors (Lipinski definition) is 7. The molecular weight excluding hydrogens is 505 g/mol. The van der Waals surface area contributed by atoms with Crippen LogP contribution in [0.2, 0.25) is 0 Å². The predicted molar refractivity (Wildman–Crippen MR) is 127 cm³/mol. The van der Waals surface area contributed by atoms with Crippen molar-refractivity contribution < 1.29 is 14.3 Å². The number of pyridine rings is 1. The normalized spacial score (nSPS) is 19.2. The van der Waals surface area contributed by atoms with Crippen LogP contribution < -0.4 is 5.73 Å². The molecule has 0 aliphatic heterocycles. The van der Waals surface area contributed by atoms with Crippen molar-refractivity contribution in [1.82, 2.24) is 29.5 Å². The zero-order valence-electron chi connectivity index (χ0n) is 18.0. The third-order valence-electron chi connectivity index (χ3n) is 6.33. The van der Waals surface area contributed by atoms with E-state index in [0.717, 1.165) is 16.8 Å². The summed E-state index contributed by atoms with van der Waals surface area (Å²) in [4.78, 5) is 28.8. The summed E-state index contributed by atoms with van der Waals surface area (Å²) in [5.41, 5.74) is 10.00. The fraction of sp³-hybridized carbons (Fsp3) is 0.304. The van der Waals surface area contributed by atoms with Crippen LogP contribution in [0.1, 0.15) is 37.3 Å². The third-order valence-corrected chi connectivity index (χ3v) is 7.14. The number of halogens is 2. The topological polar surface area (TPSA) is 132 Å². The summed E-state index contributed by atoms with van der Waals surface area (Å²) in [5, 5.41) is 13.4. The molecule has 0 unspecified atom stereocenters. The molecule has 0 spiro atoms. The lowest BCUT2D eigenvalue weighted by molar-refractivity contribution is -0.145. The van der Waals surface area contributed by atoms with E-state index in [9.17, 15) is 9.18 Å². The molecule has 0 amide bonds. The number of nitrogens with zero attached hydrogens (tertiary/aromatic N) is 6. The Kier molecular flexibility index (Phi) is 5.94. The maximum atomic E-state index is 14.0. The van der Waals surface area contributed by atoms with Crippen molar-refractivity contribution in [2.24, 2.45) is 5.92 Å². The van der Waals surface area contributed by atoms with E-state index in [4.69, 9.17) is 15.8 Å². The summed E-state index contributed by atoms with van der Waals surface area (Å²) < 4.78 is 16.2. The zero-order valence-corrected chi connectivity index (χ0v) is 19.6. The SMILES string of the molecule is Nc1c(Br)c([C@H]2CC[C@H]([C@H](F)C(=O)O)CC2)nc2c(-c3ccc(-c4ncccn4)nc3)cnn12. The van der Waals surface area contributed by atoms with E-state index in [0.29, 0.717) is 53.1 Å². The van der Waals surface area contributed by atoms with Gasteiger partial charge in [-0.2, -0.15) is 9.61 Å². The van der Waals surface area contributed by atoms with Gasteiger partial charge in [-0.25, -0.2) is 24.1 Å². The van der Waals surface area contributed by atoms with Crippen LogP contribution in [0.4, 0.5) is 10.2 Å². The monoisotopic (exact) mass is 525 g/mol. The Morgan fingerprint density at radius 2 is 1.88 bits per heavy atom. The van der Waals surface area contributed by atoms with Gasteiger partial charge in [0.05, 0.1) is 16.4 Å². The summed E-state index contributed by atoms with van der Waals surface area (Å²) in [6, 6.07) is 5.50. The fourth-order valence-electron chi connectivity index (χ4n) is 4.49. The molecule has 34 heavy (non-hydrogen) atoms. The second-order valence-corrected chi connectivity index (χ2v) is 9.14. The zero-order chi connectivity index (χ0) is 23.8. The van der Waals surface area contributed by atoms with Gasteiger partial charge in [-0.15, -0.1) is 0 Å². The second-order valence-electron chi connectivity index (χ2n) is 8.35. The minimum Gasteiger partial charge on any atom is -0.479 e. The van der Waals surface area contributed by atoms with Gasteiger partial charge in [-0.1, -0.05) is 6.07 Å². The van der Waals surface area contributed by atoms with Gasteiger partial charge in [-0.05, 0) is 53.7 Å². The van der Waals surface area contributed by atoms with Gasteiger partial charge in [0.15, 0.2) is 17.6 Å². The highest BCUT2D eigenvalue weighted by molar-refractivity contribution is 9.10. The summed E-state index contributed by atoms with van der Waals surface area (Å²) in [6.07, 6.45) is 7.15. The summed E-state index contributed by atoms with van der Waals surface area (Å²) in [6.45, 7) is 0. The molecule has 0 saturated heterocycles. The number of nitrogens with two attached hydrogens (primary N) is 1. The molecule has 0 aromatic carbocycles. The Bertz CT molecular complexity index is 1340. The molecular formula is C23H21BrFN7O2. The van der Waals surface area contributed by atoms with E-state index in [1.807, 2.05) is 12.1 Å². The van der Waals surface area contributed by atoms with Gasteiger partial charge in [0.2, 0.25) is 0 Å². The van der Waals surface area contributed by atoms with Crippen LogP contribution in [0, 0.1) is 5.92 Å². The summed E-state index contributed by atoms with van der Waals surface area (Å²) in [7, 11) is 0. The second kappa shape index (κ2) is 9.05. The molecule has 0 radical (unpaired) electrons. The molecule has 1 atom stereocenters. The number of aromatic nitrogens is 6. The Hall–Kier alpha value is -3.47. The number of rotatable bonds is 5. The maximum absolute atomic E-state index is 14.0. The number of carboxylic acids is 1. The van der Waals surface area contributed by atoms with Gasteiger partial charge in [0, 0.05) is 41.6 Å². The molecule has 3 N–H and O–H groups in total. The molecule has 5 rings (SSSR count). The molecule has 1 aliphatic carbocycles. The van der Waals surface area contributed by atoms with E-state index in [-0.39, 0.29) is 5.92 Å². The smallest absolute Gasteiger partial charge is 0.338 e. The highest BCUT2D eigenvalue weighted by atomic mass is 79.9. The summed E-state index contributed by atoms with van der Waals surface area (Å²) >= 11 is 3.56. The number of hydrogen-bond donors (Lipinski definition) is 2. The number of carboxylic acid groups (broad SMARTS) is 1. The van der Waals surface area contributed by atoms with Crippen LogP contribution in [0.3, 0.4) is 0 Å². The van der Waals surface area contributed by atoms with Crippen LogP contribution in [0.25, 0.3) is 28.3 Å². The maximum Gasteiger partial charge on any atom is 0.338 e. The van der Waals surface area contributed by atoms with Crippen LogP contribution >= 0.6 is 15.9 Å². The first kappa shape index (κ1) is 22.3. The molecule has 4 aromatic rings. The lowest BCUT2D eigenvalue weighted by atomic mass is 9.78. The lowest BCUT2D eigenvalue weighted by Crippen LogP contribution is -2.28. The van der Waals surface area contributed by atoms with Gasteiger partial charge in [0.25, 0.3) is 0 Å². The standard InChI is InChI=1S/C23H21BrFN7O2/c24-17-19(13-4-2-12(3-5-13)18(25)23(33)34)31-22-15(11-30-32(22)20(17)26)14-6-7-16(29-10-14)21-27-8-1-9-28-21/h1,6-13,18H,2-5,26H2,(H,33,34)/t12-,13-,18-/m0/s1. The van der Waals surface area contributed by atoms with Crippen molar-refractivity contribution in [2.45, 2.75) is 37.8 Å². The third kappa shape index (κ3) is 4.00. The first-order valence-electron chi connectivity index (χ1n) is 10.9. The van der Waals surface area contributed by atoms with Crippen molar-refractivity contribution in [3.05, 3.63) is 53.2 Å². The molecule has 0 bridgehead atoms. The van der Waals surface area contributed by atoms with Gasteiger partial charge in [-0.3, -0.25) is 4.98 Å². The molecule has 4 aromatic heterocycles. The van der Waals surface area contributed by atoms with Gasteiger partial charge < -0.3 is 10.8 Å². The quantitative estimate of drug-likeness (QED) is 0.394. The number of fused-ring (bicyclic) bond motifs is 1. The Balaban J connectivity index is 1.46. The molecule has 11 heteroatoms. The Labute approximate surface area is 202 Å². The van der Waals surface area contributed by atoms with Gasteiger partial charge in [0.1, 0.15) is 11.5 Å². The lowest BCUT2D eigenvalue weighted by Gasteiger charge is -2.29. The van der Waals surface area contributed by atoms with Crippen LogP contribution in [0.15, 0.2) is 47.5 Å². The predicted octanol–water partition coefficient (Wildman–Crippen LogP) is 4.29. The van der Waals surface area contributed by atoms with Crippen molar-refractivity contribution in [2.75, 3.05) is 5.73 Å².